The summed E-state index contributed by atoms with van der Waals surface area (Å²) in [6.45, 7) is 2.93. The molecule has 0 saturated carbocycles. The lowest BCUT2D eigenvalue weighted by molar-refractivity contribution is 0.513. The summed E-state index contributed by atoms with van der Waals surface area (Å²) in [5, 5.41) is 7.40. The molecule has 1 aliphatic rings. The Morgan fingerprint density at radius 1 is 1.43 bits per heavy atom. The van der Waals surface area contributed by atoms with Gasteiger partial charge in [-0.25, -0.2) is 12.9 Å². The van der Waals surface area contributed by atoms with Crippen molar-refractivity contribution in [3.63, 3.8) is 0 Å². The van der Waals surface area contributed by atoms with E-state index in [1.54, 1.807) is 27.5 Å². The summed E-state index contributed by atoms with van der Waals surface area (Å²) in [7, 11) is -2.87. The minimum absolute atomic E-state index is 0.00615. The van der Waals surface area contributed by atoms with E-state index in [-0.39, 0.29) is 23.1 Å². The lowest BCUT2D eigenvalue weighted by atomic mass is 10.2. The first-order valence-corrected chi connectivity index (χ1v) is 8.76. The van der Waals surface area contributed by atoms with Crippen molar-refractivity contribution in [3.05, 3.63) is 34.5 Å². The molecular weight excluding hydrogens is 292 g/mol. The summed E-state index contributed by atoms with van der Waals surface area (Å²) in [4.78, 5) is 12.3. The summed E-state index contributed by atoms with van der Waals surface area (Å²) in [5.41, 5.74) is 1.27. The van der Waals surface area contributed by atoms with Crippen LogP contribution in [0.3, 0.4) is 0 Å². The zero-order valence-electron chi connectivity index (χ0n) is 11.8. The van der Waals surface area contributed by atoms with Gasteiger partial charge in [0.25, 0.3) is 5.56 Å². The second-order valence-corrected chi connectivity index (χ2v) is 7.70. The van der Waals surface area contributed by atoms with Crippen LogP contribution in [-0.4, -0.2) is 46.7 Å². The van der Waals surface area contributed by atoms with Crippen molar-refractivity contribution in [3.8, 4) is 0 Å². The van der Waals surface area contributed by atoms with E-state index in [4.69, 9.17) is 0 Å². The Hall–Kier alpha value is -1.67. The minimum Gasteiger partial charge on any atom is -0.311 e. The zero-order chi connectivity index (χ0) is 15.0. The fourth-order valence-electron chi connectivity index (χ4n) is 2.67. The van der Waals surface area contributed by atoms with Crippen LogP contribution in [0, 0.1) is 6.92 Å². The van der Waals surface area contributed by atoms with Crippen molar-refractivity contribution in [2.24, 2.45) is 0 Å². The maximum Gasteiger partial charge on any atom is 0.276 e. The Bertz CT molecular complexity index is 822. The van der Waals surface area contributed by atoms with Crippen LogP contribution in [0.1, 0.15) is 12.1 Å². The van der Waals surface area contributed by atoms with Crippen molar-refractivity contribution in [1.82, 2.24) is 19.5 Å². The largest absolute Gasteiger partial charge is 0.311 e. The molecule has 2 aromatic rings. The summed E-state index contributed by atoms with van der Waals surface area (Å²) in [6, 6.07) is 1.77. The van der Waals surface area contributed by atoms with Gasteiger partial charge in [-0.1, -0.05) is 0 Å². The fraction of sp³-hybridized carbons (Fsp3) is 0.538. The molecule has 1 fully saturated rings. The normalized spacial score (nSPS) is 21.1. The summed E-state index contributed by atoms with van der Waals surface area (Å²) < 4.78 is 25.9. The van der Waals surface area contributed by atoms with Crippen molar-refractivity contribution in [2.45, 2.75) is 25.9 Å². The van der Waals surface area contributed by atoms with Crippen LogP contribution in [0.5, 0.6) is 0 Å². The quantitative estimate of drug-likeness (QED) is 0.829. The number of nitrogens with zero attached hydrogens (tertiary/aromatic N) is 3. The third kappa shape index (κ3) is 3.01. The van der Waals surface area contributed by atoms with Gasteiger partial charge in [0.1, 0.15) is 5.52 Å². The number of aromatic nitrogens is 3. The number of rotatable bonds is 4. The molecule has 8 heteroatoms. The Labute approximate surface area is 122 Å². The van der Waals surface area contributed by atoms with Gasteiger partial charge < -0.3 is 9.88 Å². The predicted octanol–water partition coefficient (Wildman–Crippen LogP) is -0.419. The van der Waals surface area contributed by atoms with Gasteiger partial charge >= 0.3 is 0 Å². The number of hydrogen-bond acceptors (Lipinski definition) is 5. The van der Waals surface area contributed by atoms with Gasteiger partial charge in [0, 0.05) is 31.5 Å². The molecule has 1 atom stereocenters. The van der Waals surface area contributed by atoms with Crippen LogP contribution in [0.15, 0.2) is 23.3 Å². The molecule has 3 heterocycles. The molecule has 2 aromatic heterocycles. The molecule has 0 aliphatic carbocycles. The molecule has 0 spiro atoms. The Morgan fingerprint density at radius 2 is 2.24 bits per heavy atom. The van der Waals surface area contributed by atoms with Gasteiger partial charge in [0.15, 0.2) is 9.84 Å². The highest BCUT2D eigenvalue weighted by Gasteiger charge is 2.27. The van der Waals surface area contributed by atoms with Crippen molar-refractivity contribution in [2.75, 3.05) is 18.1 Å². The molecule has 21 heavy (non-hydrogen) atoms. The molecule has 1 N–H and O–H groups in total. The highest BCUT2D eigenvalue weighted by molar-refractivity contribution is 7.91. The molecule has 1 saturated heterocycles. The van der Waals surface area contributed by atoms with E-state index in [1.165, 1.54) is 0 Å². The zero-order valence-corrected chi connectivity index (χ0v) is 12.6. The first-order chi connectivity index (χ1) is 9.94. The van der Waals surface area contributed by atoms with E-state index in [0.717, 1.165) is 5.69 Å². The summed E-state index contributed by atoms with van der Waals surface area (Å²) >= 11 is 0. The van der Waals surface area contributed by atoms with Crippen LogP contribution >= 0.6 is 0 Å². The SMILES string of the molecule is Cc1cc2c(=O)n(CCNC3CCS(=O)(=O)C3)ccn2n1. The van der Waals surface area contributed by atoms with Gasteiger partial charge in [0.05, 0.1) is 17.2 Å². The van der Waals surface area contributed by atoms with Gasteiger partial charge in [-0.05, 0) is 19.4 Å². The van der Waals surface area contributed by atoms with E-state index in [0.29, 0.717) is 25.0 Å². The number of fused-ring (bicyclic) bond motifs is 1. The van der Waals surface area contributed by atoms with Crippen LogP contribution in [0.25, 0.3) is 5.52 Å². The first-order valence-electron chi connectivity index (χ1n) is 6.94. The summed E-state index contributed by atoms with van der Waals surface area (Å²) in [5.74, 6) is 0.453. The van der Waals surface area contributed by atoms with Crippen molar-refractivity contribution >= 4 is 15.4 Å². The Balaban J connectivity index is 1.66. The molecule has 0 bridgehead atoms. The highest BCUT2D eigenvalue weighted by atomic mass is 32.2. The van der Waals surface area contributed by atoms with E-state index in [1.807, 2.05) is 6.92 Å². The van der Waals surface area contributed by atoms with Gasteiger partial charge in [-0.15, -0.1) is 0 Å². The topological polar surface area (TPSA) is 85.5 Å². The standard InChI is InChI=1S/C13H18N4O3S/c1-10-8-12-13(18)16(5-6-17(12)15-10)4-3-14-11-2-7-21(19,20)9-11/h5-6,8,11,14H,2-4,7,9H2,1H3. The predicted molar refractivity (Wildman–Crippen MR) is 79.3 cm³/mol. The molecule has 114 valence electrons. The molecular formula is C13H18N4O3S. The lowest BCUT2D eigenvalue weighted by Crippen LogP contribution is -2.34. The molecule has 0 amide bonds. The maximum atomic E-state index is 12.3. The number of sulfone groups is 1. The highest BCUT2D eigenvalue weighted by Crippen LogP contribution is 2.10. The van der Waals surface area contributed by atoms with E-state index in [9.17, 15) is 13.2 Å². The maximum absolute atomic E-state index is 12.3. The van der Waals surface area contributed by atoms with Gasteiger partial charge in [-0.2, -0.15) is 5.10 Å². The average Bonchev–Trinajstić information content (AvgIpc) is 2.95. The number of aryl methyl sites for hydroxylation is 1. The number of hydrogen-bond donors (Lipinski definition) is 1. The smallest absolute Gasteiger partial charge is 0.276 e. The van der Waals surface area contributed by atoms with E-state index < -0.39 is 9.84 Å². The second kappa shape index (κ2) is 5.27. The van der Waals surface area contributed by atoms with Crippen LogP contribution in [-0.2, 0) is 16.4 Å². The van der Waals surface area contributed by atoms with Crippen molar-refractivity contribution < 1.29 is 8.42 Å². The van der Waals surface area contributed by atoms with Crippen LogP contribution in [0.2, 0.25) is 0 Å². The molecule has 1 aliphatic heterocycles. The molecule has 0 radical (unpaired) electrons. The molecule has 3 rings (SSSR count). The second-order valence-electron chi connectivity index (χ2n) is 5.47. The number of nitrogens with one attached hydrogen (secondary N) is 1. The van der Waals surface area contributed by atoms with E-state index >= 15 is 0 Å². The third-order valence-corrected chi connectivity index (χ3v) is 5.51. The first kappa shape index (κ1) is 14.3. The minimum atomic E-state index is -2.87. The Kier molecular flexibility index (Phi) is 3.58. The average molecular weight is 310 g/mol. The monoisotopic (exact) mass is 310 g/mol. The van der Waals surface area contributed by atoms with Crippen LogP contribution < -0.4 is 10.9 Å². The van der Waals surface area contributed by atoms with E-state index in [2.05, 4.69) is 10.4 Å². The third-order valence-electron chi connectivity index (χ3n) is 3.74. The molecule has 7 nitrogen and oxygen atoms in total. The summed E-state index contributed by atoms with van der Waals surface area (Å²) in [6.07, 6.45) is 4.11. The van der Waals surface area contributed by atoms with Gasteiger partial charge in [-0.3, -0.25) is 4.79 Å². The molecule has 0 aromatic carbocycles. The molecule has 1 unspecified atom stereocenters. The fourth-order valence-corrected chi connectivity index (χ4v) is 4.38. The van der Waals surface area contributed by atoms with Crippen LogP contribution in [0.4, 0.5) is 0 Å². The van der Waals surface area contributed by atoms with Gasteiger partial charge in [0.2, 0.25) is 0 Å². The lowest BCUT2D eigenvalue weighted by Gasteiger charge is -2.11. The Morgan fingerprint density at radius 3 is 2.95 bits per heavy atom. The van der Waals surface area contributed by atoms with Crippen molar-refractivity contribution in [1.29, 1.82) is 0 Å².